The van der Waals surface area contributed by atoms with Gasteiger partial charge in [-0.1, -0.05) is 25.4 Å². The highest BCUT2D eigenvalue weighted by Crippen LogP contribution is 2.52. The predicted octanol–water partition coefficient (Wildman–Crippen LogP) is 3.97. The van der Waals surface area contributed by atoms with Crippen LogP contribution in [-0.2, 0) is 11.3 Å². The number of benzene rings is 1. The minimum absolute atomic E-state index is 0.184. The second-order valence-corrected chi connectivity index (χ2v) is 9.53. The summed E-state index contributed by atoms with van der Waals surface area (Å²) in [6, 6.07) is 7.55. The molecule has 0 unspecified atom stereocenters. The summed E-state index contributed by atoms with van der Waals surface area (Å²) in [5.74, 6) is 1.93. The van der Waals surface area contributed by atoms with Crippen LogP contribution in [0, 0.1) is 18.3 Å². The van der Waals surface area contributed by atoms with Crippen molar-refractivity contribution in [2.45, 2.75) is 40.2 Å². The monoisotopic (exact) mass is 444 g/mol. The lowest BCUT2D eigenvalue weighted by atomic mass is 9.57. The van der Waals surface area contributed by atoms with Crippen molar-refractivity contribution in [3.05, 3.63) is 40.7 Å². The van der Waals surface area contributed by atoms with Gasteiger partial charge in [0.15, 0.2) is 0 Å². The smallest absolute Gasteiger partial charge is 0.226 e. The Morgan fingerprint density at radius 1 is 1.26 bits per heavy atom. The van der Waals surface area contributed by atoms with Gasteiger partial charge >= 0.3 is 0 Å². The van der Waals surface area contributed by atoms with Crippen LogP contribution in [0.3, 0.4) is 0 Å². The Labute approximate surface area is 189 Å². The van der Waals surface area contributed by atoms with E-state index < -0.39 is 0 Å². The van der Waals surface area contributed by atoms with Crippen molar-refractivity contribution in [1.82, 2.24) is 20.1 Å². The molecule has 2 aliphatic rings. The fraction of sp³-hybridized carbons (Fsp3) is 0.583. The molecule has 1 saturated carbocycles. The van der Waals surface area contributed by atoms with Crippen LogP contribution in [0.25, 0.3) is 11.5 Å². The van der Waals surface area contributed by atoms with E-state index in [4.69, 9.17) is 21.0 Å². The number of likely N-dealkylation sites (tertiary alicyclic amines) is 1. The first-order valence-corrected chi connectivity index (χ1v) is 11.7. The molecule has 6 nitrogen and oxygen atoms in total. The van der Waals surface area contributed by atoms with E-state index >= 15 is 0 Å². The largest absolute Gasteiger partial charge is 0.441 e. The topological polar surface area (TPSA) is 61.6 Å². The van der Waals surface area contributed by atoms with Gasteiger partial charge in [-0.2, -0.15) is 0 Å². The van der Waals surface area contributed by atoms with Crippen molar-refractivity contribution in [3.63, 3.8) is 0 Å². The number of oxazole rings is 1. The van der Waals surface area contributed by atoms with Gasteiger partial charge in [0.2, 0.25) is 11.8 Å². The number of nitrogens with one attached hydrogen (secondary N) is 1. The van der Waals surface area contributed by atoms with Gasteiger partial charge in [0.25, 0.3) is 0 Å². The maximum atomic E-state index is 12.4. The van der Waals surface area contributed by atoms with Gasteiger partial charge in [-0.05, 0) is 62.5 Å². The van der Waals surface area contributed by atoms with E-state index in [9.17, 15) is 4.79 Å². The van der Waals surface area contributed by atoms with Crippen molar-refractivity contribution in [2.75, 3.05) is 39.3 Å². The van der Waals surface area contributed by atoms with Gasteiger partial charge in [-0.3, -0.25) is 9.69 Å². The number of likely N-dealkylation sites (N-methyl/N-ethyl adjacent to an activating group) is 1. The molecule has 2 heterocycles. The van der Waals surface area contributed by atoms with Crippen molar-refractivity contribution in [1.29, 1.82) is 0 Å². The molecule has 0 radical (unpaired) electrons. The zero-order valence-electron chi connectivity index (χ0n) is 18.8. The number of aromatic nitrogens is 1. The lowest BCUT2D eigenvalue weighted by molar-refractivity contribution is -0.145. The molecule has 168 valence electrons. The van der Waals surface area contributed by atoms with Gasteiger partial charge in [-0.25, -0.2) is 4.98 Å². The fourth-order valence-electron chi connectivity index (χ4n) is 4.97. The molecule has 1 amide bonds. The van der Waals surface area contributed by atoms with Gasteiger partial charge in [-0.15, -0.1) is 0 Å². The average Bonchev–Trinajstić information content (AvgIpc) is 3.06. The molecule has 31 heavy (non-hydrogen) atoms. The number of nitrogens with zero attached hydrogens (tertiary/aromatic N) is 3. The first kappa shape index (κ1) is 22.3. The molecule has 1 aliphatic carbocycles. The van der Waals surface area contributed by atoms with Crippen molar-refractivity contribution in [3.8, 4) is 11.5 Å². The Kier molecular flexibility index (Phi) is 6.70. The zero-order chi connectivity index (χ0) is 22.0. The summed E-state index contributed by atoms with van der Waals surface area (Å²) in [6.07, 6.45) is 2.02. The molecule has 1 aromatic carbocycles. The van der Waals surface area contributed by atoms with Gasteiger partial charge < -0.3 is 14.6 Å². The molecule has 0 bridgehead atoms. The second-order valence-electron chi connectivity index (χ2n) is 9.10. The highest BCUT2D eigenvalue weighted by atomic mass is 35.5. The molecule has 1 spiro atoms. The lowest BCUT2D eigenvalue weighted by Gasteiger charge is -2.58. The summed E-state index contributed by atoms with van der Waals surface area (Å²) in [6.45, 7) is 12.9. The molecular weight excluding hydrogens is 412 g/mol. The maximum absolute atomic E-state index is 12.4. The van der Waals surface area contributed by atoms with E-state index in [2.05, 4.69) is 29.0 Å². The van der Waals surface area contributed by atoms with Gasteiger partial charge in [0.05, 0.1) is 5.69 Å². The summed E-state index contributed by atoms with van der Waals surface area (Å²) < 4.78 is 5.88. The van der Waals surface area contributed by atoms with E-state index in [1.54, 1.807) is 0 Å². The third-order valence-corrected chi connectivity index (χ3v) is 7.08. The van der Waals surface area contributed by atoms with E-state index in [0.29, 0.717) is 16.3 Å². The van der Waals surface area contributed by atoms with Crippen LogP contribution in [0.5, 0.6) is 0 Å². The third-order valence-electron chi connectivity index (χ3n) is 6.83. The number of amides is 1. The average molecular weight is 445 g/mol. The summed E-state index contributed by atoms with van der Waals surface area (Å²) in [4.78, 5) is 21.9. The Morgan fingerprint density at radius 2 is 1.94 bits per heavy atom. The van der Waals surface area contributed by atoms with Crippen molar-refractivity contribution in [2.24, 2.45) is 11.3 Å². The zero-order valence-corrected chi connectivity index (χ0v) is 19.5. The standard InChI is InChI=1S/C24H33ClN4O2/c1-4-28(5-2)11-10-26-22(30)19-12-24(13-19)15-29(16-24)14-21-17(3)31-23(27-21)18-6-8-20(25)9-7-18/h6-9,19H,4-5,10-16H2,1-3H3,(H,26,30). The van der Waals surface area contributed by atoms with Crippen molar-refractivity contribution >= 4 is 17.5 Å². The fourth-order valence-corrected chi connectivity index (χ4v) is 5.09. The predicted molar refractivity (Wildman–Crippen MR) is 123 cm³/mol. The van der Waals surface area contributed by atoms with Crippen LogP contribution >= 0.6 is 11.6 Å². The number of aryl methyl sites for hydroxylation is 1. The number of hydrogen-bond donors (Lipinski definition) is 1. The summed E-state index contributed by atoms with van der Waals surface area (Å²) in [5, 5.41) is 3.83. The molecule has 0 atom stereocenters. The van der Waals surface area contributed by atoms with Crippen molar-refractivity contribution < 1.29 is 9.21 Å². The normalized spacial score (nSPS) is 18.2. The second kappa shape index (κ2) is 9.31. The first-order valence-electron chi connectivity index (χ1n) is 11.4. The summed E-state index contributed by atoms with van der Waals surface area (Å²) in [5.41, 5.74) is 2.26. The number of carbonyl (C=O) groups excluding carboxylic acids is 1. The third kappa shape index (κ3) is 4.97. The minimum Gasteiger partial charge on any atom is -0.441 e. The van der Waals surface area contributed by atoms with Crippen LogP contribution < -0.4 is 5.32 Å². The van der Waals surface area contributed by atoms with Gasteiger partial charge in [0, 0.05) is 49.2 Å². The van der Waals surface area contributed by atoms with E-state index in [1.165, 1.54) is 0 Å². The molecule has 1 N–H and O–H groups in total. The number of halogens is 1. The lowest BCUT2D eigenvalue weighted by Crippen LogP contribution is -2.63. The van der Waals surface area contributed by atoms with Crippen LogP contribution in [0.4, 0.5) is 0 Å². The Morgan fingerprint density at radius 3 is 2.58 bits per heavy atom. The van der Waals surface area contributed by atoms with Crippen LogP contribution in [0.15, 0.2) is 28.7 Å². The SMILES string of the molecule is CCN(CC)CCNC(=O)C1CC2(C1)CN(Cc1nc(-c3ccc(Cl)cc3)oc1C)C2. The highest BCUT2D eigenvalue weighted by molar-refractivity contribution is 6.30. The minimum atomic E-state index is 0.184. The van der Waals surface area contributed by atoms with E-state index in [1.807, 2.05) is 31.2 Å². The van der Waals surface area contributed by atoms with Gasteiger partial charge in [0.1, 0.15) is 5.76 Å². The van der Waals surface area contributed by atoms with Crippen LogP contribution in [0.2, 0.25) is 5.02 Å². The molecule has 4 rings (SSSR count). The molecule has 2 aromatic rings. The molecule has 1 saturated heterocycles. The Bertz CT molecular complexity index is 893. The number of carbonyl (C=O) groups is 1. The van der Waals surface area contributed by atoms with Crippen LogP contribution in [-0.4, -0.2) is 60.0 Å². The first-order chi connectivity index (χ1) is 14.9. The van der Waals surface area contributed by atoms with E-state index in [-0.39, 0.29) is 11.8 Å². The number of rotatable bonds is 9. The Hall–Kier alpha value is -1.89. The quantitative estimate of drug-likeness (QED) is 0.634. The Balaban J connectivity index is 1.21. The molecule has 1 aromatic heterocycles. The molecule has 1 aliphatic heterocycles. The summed E-state index contributed by atoms with van der Waals surface area (Å²) in [7, 11) is 0. The maximum Gasteiger partial charge on any atom is 0.226 e. The van der Waals surface area contributed by atoms with E-state index in [0.717, 1.165) is 75.7 Å². The molecule has 7 heteroatoms. The van der Waals surface area contributed by atoms with Crippen LogP contribution in [0.1, 0.15) is 38.1 Å². The molecular formula is C24H33ClN4O2. The highest BCUT2D eigenvalue weighted by Gasteiger charge is 2.54. The summed E-state index contributed by atoms with van der Waals surface area (Å²) >= 11 is 5.97. The molecule has 2 fully saturated rings. The number of hydrogen-bond acceptors (Lipinski definition) is 5.